The quantitative estimate of drug-likeness (QED) is 0.209. The molecule has 2 heteroatoms. The van der Waals surface area contributed by atoms with Gasteiger partial charge in [0.1, 0.15) is 11.2 Å². The molecule has 0 saturated carbocycles. The molecular weight excluding hydrogens is 510 g/mol. The Morgan fingerprint density at radius 1 is 0.357 bits per heavy atom. The van der Waals surface area contributed by atoms with Crippen molar-refractivity contribution >= 4 is 82.1 Å². The Kier molecular flexibility index (Phi) is 4.93. The predicted molar refractivity (Wildman–Crippen MR) is 178 cm³/mol. The molecule has 1 aromatic heterocycles. The van der Waals surface area contributed by atoms with Gasteiger partial charge in [0.25, 0.3) is 0 Å². The van der Waals surface area contributed by atoms with E-state index in [4.69, 9.17) is 4.42 Å². The van der Waals surface area contributed by atoms with E-state index in [0.29, 0.717) is 0 Å². The van der Waals surface area contributed by atoms with Crippen LogP contribution in [0.4, 0.5) is 17.1 Å². The fourth-order valence-corrected chi connectivity index (χ4v) is 6.78. The molecule has 0 spiro atoms. The third-order valence-electron chi connectivity index (χ3n) is 8.59. The Bertz CT molecular complexity index is 2470. The van der Waals surface area contributed by atoms with Crippen LogP contribution in [-0.2, 0) is 0 Å². The van der Waals surface area contributed by atoms with E-state index in [1.165, 1.54) is 43.1 Å². The summed E-state index contributed by atoms with van der Waals surface area (Å²) in [7, 11) is 0. The normalized spacial score (nSPS) is 11.8. The van der Waals surface area contributed by atoms with Gasteiger partial charge < -0.3 is 9.32 Å². The van der Waals surface area contributed by atoms with Gasteiger partial charge in [0.2, 0.25) is 0 Å². The smallest absolute Gasteiger partial charge is 0.137 e. The summed E-state index contributed by atoms with van der Waals surface area (Å²) in [5.41, 5.74) is 5.13. The summed E-state index contributed by atoms with van der Waals surface area (Å²) < 4.78 is 6.50. The van der Waals surface area contributed by atoms with Crippen LogP contribution in [0.5, 0.6) is 0 Å². The van der Waals surface area contributed by atoms with E-state index in [2.05, 4.69) is 157 Å². The van der Waals surface area contributed by atoms with Crippen LogP contribution >= 0.6 is 0 Å². The molecule has 0 bridgehead atoms. The Labute approximate surface area is 242 Å². The fourth-order valence-electron chi connectivity index (χ4n) is 6.78. The van der Waals surface area contributed by atoms with Gasteiger partial charge in [0.15, 0.2) is 0 Å². The summed E-state index contributed by atoms with van der Waals surface area (Å²) in [6, 6.07) is 54.3. The van der Waals surface area contributed by atoms with E-state index in [1.54, 1.807) is 0 Å². The third-order valence-corrected chi connectivity index (χ3v) is 8.59. The number of hydrogen-bond donors (Lipinski definition) is 0. The highest BCUT2D eigenvalue weighted by Crippen LogP contribution is 2.48. The number of furan rings is 1. The van der Waals surface area contributed by atoms with E-state index in [0.717, 1.165) is 39.0 Å². The number of para-hydroxylation sites is 1. The molecule has 0 amide bonds. The number of anilines is 3. The zero-order valence-corrected chi connectivity index (χ0v) is 22.8. The number of fused-ring (bicyclic) bond motifs is 10. The van der Waals surface area contributed by atoms with Crippen molar-refractivity contribution in [2.45, 2.75) is 0 Å². The number of hydrogen-bond acceptors (Lipinski definition) is 2. The van der Waals surface area contributed by atoms with Gasteiger partial charge in [0, 0.05) is 16.5 Å². The molecule has 0 atom stereocenters. The number of nitrogens with zero attached hydrogens (tertiary/aromatic N) is 1. The molecule has 0 aliphatic heterocycles. The van der Waals surface area contributed by atoms with E-state index >= 15 is 0 Å². The molecule has 1 heterocycles. The summed E-state index contributed by atoms with van der Waals surface area (Å²) in [5.74, 6) is 0. The van der Waals surface area contributed by atoms with Crippen LogP contribution in [0, 0.1) is 0 Å². The van der Waals surface area contributed by atoms with E-state index in [9.17, 15) is 0 Å². The summed E-state index contributed by atoms with van der Waals surface area (Å²) in [6.07, 6.45) is 0. The van der Waals surface area contributed by atoms with Crippen molar-refractivity contribution in [2.24, 2.45) is 0 Å². The molecule has 0 aliphatic carbocycles. The van der Waals surface area contributed by atoms with Crippen molar-refractivity contribution in [3.8, 4) is 0 Å². The minimum Gasteiger partial charge on any atom is -0.456 e. The lowest BCUT2D eigenvalue weighted by atomic mass is 9.94. The highest BCUT2D eigenvalue weighted by Gasteiger charge is 2.23. The van der Waals surface area contributed by atoms with Gasteiger partial charge in [-0.05, 0) is 74.1 Å². The monoisotopic (exact) mass is 535 g/mol. The van der Waals surface area contributed by atoms with Crippen LogP contribution in [0.1, 0.15) is 0 Å². The van der Waals surface area contributed by atoms with Crippen LogP contribution in [0.3, 0.4) is 0 Å². The molecule has 0 saturated heterocycles. The van der Waals surface area contributed by atoms with E-state index < -0.39 is 0 Å². The van der Waals surface area contributed by atoms with Crippen molar-refractivity contribution in [1.82, 2.24) is 0 Å². The molecule has 0 unspecified atom stereocenters. The van der Waals surface area contributed by atoms with Gasteiger partial charge in [-0.2, -0.15) is 0 Å². The van der Waals surface area contributed by atoms with Crippen molar-refractivity contribution < 1.29 is 4.42 Å². The Hall–Kier alpha value is -5.60. The minimum atomic E-state index is 0.885. The Balaban J connectivity index is 1.45. The first kappa shape index (κ1) is 23.1. The Morgan fingerprint density at radius 3 is 1.74 bits per heavy atom. The molecule has 0 radical (unpaired) electrons. The van der Waals surface area contributed by atoms with Gasteiger partial charge in [-0.25, -0.2) is 0 Å². The van der Waals surface area contributed by atoms with Gasteiger partial charge in [0.05, 0.1) is 16.8 Å². The molecule has 42 heavy (non-hydrogen) atoms. The second-order valence-corrected chi connectivity index (χ2v) is 10.9. The molecular formula is C40H25NO. The van der Waals surface area contributed by atoms with E-state index in [1.807, 2.05) is 0 Å². The molecule has 0 aliphatic rings. The van der Waals surface area contributed by atoms with Gasteiger partial charge in [-0.1, -0.05) is 115 Å². The summed E-state index contributed by atoms with van der Waals surface area (Å²) >= 11 is 0. The summed E-state index contributed by atoms with van der Waals surface area (Å²) in [5, 5.41) is 12.2. The molecule has 8 aromatic carbocycles. The average molecular weight is 536 g/mol. The molecule has 2 nitrogen and oxygen atoms in total. The third kappa shape index (κ3) is 3.33. The highest BCUT2D eigenvalue weighted by atomic mass is 16.3. The first-order chi connectivity index (χ1) is 20.8. The van der Waals surface area contributed by atoms with Gasteiger partial charge >= 0.3 is 0 Å². The zero-order valence-electron chi connectivity index (χ0n) is 22.8. The van der Waals surface area contributed by atoms with Crippen molar-refractivity contribution in [3.63, 3.8) is 0 Å². The minimum absolute atomic E-state index is 0.885. The summed E-state index contributed by atoms with van der Waals surface area (Å²) in [6.45, 7) is 0. The SMILES string of the molecule is c1ccc(N(c2cc3ccc4ccccc4c3c3ccccc23)c2cccc3oc4ccc5ccccc5c4c23)cc1. The van der Waals surface area contributed by atoms with Gasteiger partial charge in [-0.15, -0.1) is 0 Å². The molecule has 9 rings (SSSR count). The molecule has 0 fully saturated rings. The Morgan fingerprint density at radius 2 is 0.952 bits per heavy atom. The lowest BCUT2D eigenvalue weighted by Crippen LogP contribution is -2.11. The van der Waals surface area contributed by atoms with Crippen LogP contribution < -0.4 is 4.90 Å². The molecule has 0 N–H and O–H groups in total. The average Bonchev–Trinajstić information content (AvgIpc) is 3.45. The summed E-state index contributed by atoms with van der Waals surface area (Å²) in [4.78, 5) is 2.41. The molecule has 196 valence electrons. The first-order valence-corrected chi connectivity index (χ1v) is 14.4. The van der Waals surface area contributed by atoms with Crippen molar-refractivity contribution in [1.29, 1.82) is 0 Å². The number of rotatable bonds is 3. The lowest BCUT2D eigenvalue weighted by Gasteiger charge is -2.28. The van der Waals surface area contributed by atoms with E-state index in [-0.39, 0.29) is 0 Å². The predicted octanol–water partition coefficient (Wildman–Crippen LogP) is 11.7. The maximum Gasteiger partial charge on any atom is 0.137 e. The van der Waals surface area contributed by atoms with Gasteiger partial charge in [-0.3, -0.25) is 0 Å². The lowest BCUT2D eigenvalue weighted by molar-refractivity contribution is 0.669. The largest absolute Gasteiger partial charge is 0.456 e. The fraction of sp³-hybridized carbons (Fsp3) is 0. The molecule has 9 aromatic rings. The maximum absolute atomic E-state index is 6.50. The van der Waals surface area contributed by atoms with Crippen molar-refractivity contribution in [2.75, 3.05) is 4.90 Å². The number of benzene rings is 8. The highest BCUT2D eigenvalue weighted by molar-refractivity contribution is 6.26. The van der Waals surface area contributed by atoms with Crippen LogP contribution in [0.2, 0.25) is 0 Å². The van der Waals surface area contributed by atoms with Crippen LogP contribution in [-0.4, -0.2) is 0 Å². The second kappa shape index (κ2) is 8.95. The zero-order chi connectivity index (χ0) is 27.6. The first-order valence-electron chi connectivity index (χ1n) is 14.4. The van der Waals surface area contributed by atoms with Crippen LogP contribution in [0.15, 0.2) is 156 Å². The van der Waals surface area contributed by atoms with Crippen LogP contribution in [0.25, 0.3) is 65.0 Å². The topological polar surface area (TPSA) is 16.4 Å². The van der Waals surface area contributed by atoms with Crippen molar-refractivity contribution in [3.05, 3.63) is 152 Å². The standard InChI is InChI=1S/C40H25NO/c1-2-13-29(14-3-1)41(34-19-10-20-36-40(34)39-31-16-7-5-12-27(31)23-24-37(39)42-36)35-25-28-22-21-26-11-4-6-15-30(26)38(28)33-18-9-8-17-32(33)35/h1-25H. The second-order valence-electron chi connectivity index (χ2n) is 10.9. The maximum atomic E-state index is 6.50.